The van der Waals surface area contributed by atoms with Gasteiger partial charge in [0.1, 0.15) is 24.7 Å². The van der Waals surface area contributed by atoms with E-state index < -0.39 is 18.1 Å². The summed E-state index contributed by atoms with van der Waals surface area (Å²) in [4.78, 5) is 23.0. The maximum atomic E-state index is 13.7. The van der Waals surface area contributed by atoms with Crippen LogP contribution in [0.2, 0.25) is 0 Å². The number of nitrogens with one attached hydrogen (secondary N) is 2. The minimum Gasteiger partial charge on any atom is -0.488 e. The Kier molecular flexibility index (Phi) is 8.17. The third-order valence-corrected chi connectivity index (χ3v) is 8.61. The molecule has 0 aliphatic carbocycles. The second-order valence-electron chi connectivity index (χ2n) is 10.6. The van der Waals surface area contributed by atoms with E-state index in [0.717, 1.165) is 34.8 Å². The summed E-state index contributed by atoms with van der Waals surface area (Å²) < 4.78 is 50.1. The Morgan fingerprint density at radius 1 is 1.09 bits per heavy atom. The predicted molar refractivity (Wildman–Crippen MR) is 156 cm³/mol. The Balaban J connectivity index is 1.13. The lowest BCUT2D eigenvalue weighted by Crippen LogP contribution is -3.13. The number of amides is 1. The van der Waals surface area contributed by atoms with Gasteiger partial charge in [-0.15, -0.1) is 11.3 Å². The van der Waals surface area contributed by atoms with E-state index in [4.69, 9.17) is 4.74 Å². The third kappa shape index (κ3) is 6.42. The van der Waals surface area contributed by atoms with Gasteiger partial charge < -0.3 is 19.5 Å². The summed E-state index contributed by atoms with van der Waals surface area (Å²) in [5, 5.41) is 8.22. The van der Waals surface area contributed by atoms with Crippen LogP contribution in [0, 0.1) is 0 Å². The summed E-state index contributed by atoms with van der Waals surface area (Å²) >= 11 is 1.05. The molecule has 6 rings (SSSR count). The lowest BCUT2D eigenvalue weighted by Gasteiger charge is -2.23. The molecule has 5 aromatic rings. The number of ether oxygens (including phenoxy) is 1. The van der Waals surface area contributed by atoms with Crippen LogP contribution >= 0.6 is 11.3 Å². The maximum Gasteiger partial charge on any atom is 0.415 e. The highest BCUT2D eigenvalue weighted by molar-refractivity contribution is 7.12. The first-order valence-corrected chi connectivity index (χ1v) is 15.0. The van der Waals surface area contributed by atoms with E-state index in [1.54, 1.807) is 33.3 Å². The molecule has 43 heavy (non-hydrogen) atoms. The van der Waals surface area contributed by atoms with Crippen molar-refractivity contribution in [2.45, 2.75) is 31.5 Å². The summed E-state index contributed by atoms with van der Waals surface area (Å²) in [5.41, 5.74) is 3.69. The Morgan fingerprint density at radius 2 is 1.88 bits per heavy atom. The molecule has 1 amide bonds. The number of halogens is 3. The second-order valence-corrected chi connectivity index (χ2v) is 11.6. The van der Waals surface area contributed by atoms with Gasteiger partial charge in [-0.1, -0.05) is 12.1 Å². The van der Waals surface area contributed by atoms with Crippen LogP contribution in [0.4, 0.5) is 13.2 Å². The fourth-order valence-corrected chi connectivity index (χ4v) is 6.14. The lowest BCUT2D eigenvalue weighted by atomic mass is 10.1. The highest BCUT2D eigenvalue weighted by Gasteiger charge is 2.44. The number of nitrogens with zero attached hydrogens (tertiary/aromatic N) is 5. The number of aryl methyl sites for hydroxylation is 1. The highest BCUT2D eigenvalue weighted by Crippen LogP contribution is 2.34. The van der Waals surface area contributed by atoms with Crippen LogP contribution in [0.1, 0.15) is 40.8 Å². The SMILES string of the molecule is Cn1ccnc1C(NC(=O)c1cc(-c2cnn3cc(-c4ccc(OCC[NH+]5CCCCC5)cc4)cnc23)cs1)C(F)(F)F. The van der Waals surface area contributed by atoms with Crippen molar-refractivity contribution in [3.8, 4) is 28.0 Å². The van der Waals surface area contributed by atoms with Gasteiger partial charge in [0.15, 0.2) is 11.7 Å². The zero-order chi connectivity index (χ0) is 30.0. The van der Waals surface area contributed by atoms with Gasteiger partial charge >= 0.3 is 6.18 Å². The van der Waals surface area contributed by atoms with Crippen molar-refractivity contribution in [2.24, 2.45) is 7.05 Å². The zero-order valence-corrected chi connectivity index (χ0v) is 24.3. The number of quaternary nitrogens is 1. The third-order valence-electron chi connectivity index (χ3n) is 7.68. The second kappa shape index (κ2) is 12.2. The fraction of sp³-hybridized carbons (Fsp3) is 0.333. The number of rotatable bonds is 9. The molecule has 1 fully saturated rings. The number of alkyl halides is 3. The number of likely N-dealkylation sites (tertiary alicyclic amines) is 1. The number of fused-ring (bicyclic) bond motifs is 1. The van der Waals surface area contributed by atoms with Gasteiger partial charge in [0.25, 0.3) is 5.91 Å². The number of carbonyl (C=O) groups is 1. The monoisotopic (exact) mass is 610 g/mol. The van der Waals surface area contributed by atoms with Crippen molar-refractivity contribution in [3.63, 3.8) is 0 Å². The molecule has 2 N–H and O–H groups in total. The molecule has 1 atom stereocenters. The molecule has 13 heteroatoms. The molecule has 0 saturated carbocycles. The van der Waals surface area contributed by atoms with Crippen molar-refractivity contribution in [3.05, 3.63) is 77.4 Å². The average molecular weight is 611 g/mol. The van der Waals surface area contributed by atoms with Crippen LogP contribution in [-0.4, -0.2) is 62.5 Å². The lowest BCUT2D eigenvalue weighted by molar-refractivity contribution is -0.904. The topological polar surface area (TPSA) is 90.8 Å². The quantitative estimate of drug-likeness (QED) is 0.259. The summed E-state index contributed by atoms with van der Waals surface area (Å²) in [6.45, 7) is 4.16. The summed E-state index contributed by atoms with van der Waals surface area (Å²) in [6, 6.07) is 7.19. The maximum absolute atomic E-state index is 13.7. The van der Waals surface area contributed by atoms with Crippen molar-refractivity contribution in [1.82, 2.24) is 29.5 Å². The number of imidazole rings is 1. The van der Waals surface area contributed by atoms with Gasteiger partial charge in [0.2, 0.25) is 0 Å². The molecule has 0 bridgehead atoms. The standard InChI is InChI=1S/C30H30F3N7O2S/c1-38-12-9-34-28(38)26(30(31,32)33)37-29(41)25-15-21(19-43-25)24-17-36-40-18-22(16-35-27(24)40)20-5-7-23(8-6-20)42-14-13-39-10-3-2-4-11-39/h5-9,12,15-19,26H,2-4,10-11,13-14H2,1H3,(H,37,41)/p+1. The summed E-state index contributed by atoms with van der Waals surface area (Å²) in [7, 11) is 1.45. The van der Waals surface area contributed by atoms with Crippen LogP contribution in [0.3, 0.4) is 0 Å². The van der Waals surface area contributed by atoms with Gasteiger partial charge in [0, 0.05) is 43.0 Å². The van der Waals surface area contributed by atoms with Gasteiger partial charge in [-0.2, -0.15) is 18.3 Å². The number of carbonyl (C=O) groups excluding carboxylic acids is 1. The number of aromatic nitrogens is 5. The first-order chi connectivity index (χ1) is 20.8. The minimum absolute atomic E-state index is 0.133. The molecule has 1 unspecified atom stereocenters. The molecule has 1 aliphatic rings. The van der Waals surface area contributed by atoms with E-state index in [1.807, 2.05) is 30.5 Å². The molecular formula is C30H31F3N7O2S+. The largest absolute Gasteiger partial charge is 0.488 e. The fourth-order valence-electron chi connectivity index (χ4n) is 5.33. The highest BCUT2D eigenvalue weighted by atomic mass is 32.1. The van der Waals surface area contributed by atoms with Gasteiger partial charge in [-0.25, -0.2) is 14.5 Å². The Bertz CT molecular complexity index is 1700. The molecule has 9 nitrogen and oxygen atoms in total. The van der Waals surface area contributed by atoms with E-state index in [2.05, 4.69) is 20.4 Å². The molecule has 4 aromatic heterocycles. The van der Waals surface area contributed by atoms with Crippen LogP contribution in [0.5, 0.6) is 5.75 Å². The normalized spacial score (nSPS) is 15.1. The summed E-state index contributed by atoms with van der Waals surface area (Å²) in [5.74, 6) is -0.306. The first-order valence-electron chi connectivity index (χ1n) is 14.1. The number of hydrogen-bond donors (Lipinski definition) is 2. The number of hydrogen-bond acceptors (Lipinski definition) is 6. The van der Waals surface area contributed by atoms with Crippen LogP contribution in [0.15, 0.2) is 66.7 Å². The smallest absolute Gasteiger partial charge is 0.415 e. The van der Waals surface area contributed by atoms with E-state index >= 15 is 0 Å². The van der Waals surface area contributed by atoms with Gasteiger partial charge in [-0.3, -0.25) is 4.79 Å². The molecule has 0 spiro atoms. The Morgan fingerprint density at radius 3 is 2.60 bits per heavy atom. The van der Waals surface area contributed by atoms with Crippen LogP contribution < -0.4 is 15.0 Å². The molecule has 0 radical (unpaired) electrons. The molecule has 1 aliphatic heterocycles. The molecular weight excluding hydrogens is 579 g/mol. The zero-order valence-electron chi connectivity index (χ0n) is 23.5. The summed E-state index contributed by atoms with van der Waals surface area (Å²) in [6.07, 6.45) is 7.12. The van der Waals surface area contributed by atoms with E-state index in [9.17, 15) is 18.0 Å². The molecule has 5 heterocycles. The van der Waals surface area contributed by atoms with E-state index in [-0.39, 0.29) is 10.7 Å². The van der Waals surface area contributed by atoms with Crippen LogP contribution in [0.25, 0.3) is 27.9 Å². The van der Waals surface area contributed by atoms with E-state index in [1.165, 1.54) is 56.4 Å². The predicted octanol–water partition coefficient (Wildman–Crippen LogP) is 4.34. The van der Waals surface area contributed by atoms with Gasteiger partial charge in [0.05, 0.1) is 24.2 Å². The number of piperidine rings is 1. The van der Waals surface area contributed by atoms with E-state index in [0.29, 0.717) is 23.4 Å². The molecule has 1 aromatic carbocycles. The number of thiophene rings is 1. The van der Waals surface area contributed by atoms with Crippen molar-refractivity contribution < 1.29 is 27.6 Å². The Hall–Kier alpha value is -4.23. The average Bonchev–Trinajstić information content (AvgIpc) is 3.76. The molecule has 1 saturated heterocycles. The minimum atomic E-state index is -4.71. The van der Waals surface area contributed by atoms with Crippen molar-refractivity contribution in [1.29, 1.82) is 0 Å². The molecule has 224 valence electrons. The van der Waals surface area contributed by atoms with Crippen molar-refractivity contribution >= 4 is 22.9 Å². The van der Waals surface area contributed by atoms with Crippen LogP contribution in [-0.2, 0) is 7.05 Å². The first kappa shape index (κ1) is 28.9. The Labute approximate surface area is 249 Å². The van der Waals surface area contributed by atoms with Crippen molar-refractivity contribution in [2.75, 3.05) is 26.2 Å². The van der Waals surface area contributed by atoms with Gasteiger partial charge in [-0.05, 0) is 54.0 Å². The number of benzene rings is 1.